The maximum atomic E-state index is 13.3. The van der Waals surface area contributed by atoms with Gasteiger partial charge in [-0.05, 0) is 65.9 Å². The second-order valence-corrected chi connectivity index (χ2v) is 7.04. The minimum absolute atomic E-state index is 0.342. The lowest BCUT2D eigenvalue weighted by Gasteiger charge is -2.10. The Labute approximate surface area is 171 Å². The molecule has 0 aliphatic rings. The smallest absolute Gasteiger partial charge is 0.324 e. The molecule has 0 atom stereocenters. The van der Waals surface area contributed by atoms with Gasteiger partial charge in [0.25, 0.3) is 0 Å². The lowest BCUT2D eigenvalue weighted by Crippen LogP contribution is -2.07. The minimum Gasteiger partial charge on any atom is -0.324 e. The number of halogens is 4. The number of nitrogens with two attached hydrogens (primary N) is 1. The molecule has 0 aliphatic heterocycles. The van der Waals surface area contributed by atoms with Crippen LogP contribution in [-0.2, 0) is 10.5 Å². The van der Waals surface area contributed by atoms with Gasteiger partial charge < -0.3 is 4.89 Å². The highest BCUT2D eigenvalue weighted by molar-refractivity contribution is 14.1. The summed E-state index contributed by atoms with van der Waals surface area (Å²) in [5.41, 5.74) is 1.51. The largest absolute Gasteiger partial charge is 0.435 e. The highest BCUT2D eigenvalue weighted by Crippen LogP contribution is 2.35. The van der Waals surface area contributed by atoms with Gasteiger partial charge in [-0.3, -0.25) is 5.14 Å². The first-order valence-electron chi connectivity index (χ1n) is 7.54. The van der Waals surface area contributed by atoms with Gasteiger partial charge in [0.2, 0.25) is 0 Å². The van der Waals surface area contributed by atoms with Crippen LogP contribution in [0.4, 0.5) is 13.2 Å². The molecule has 1 heterocycles. The molecule has 0 saturated heterocycles. The van der Waals surface area contributed by atoms with Crippen LogP contribution in [-0.4, -0.2) is 9.78 Å². The third-order valence-corrected chi connectivity index (χ3v) is 4.69. The molecule has 0 spiro atoms. The number of rotatable bonds is 5. The maximum absolute atomic E-state index is 13.3. The summed E-state index contributed by atoms with van der Waals surface area (Å²) in [5, 5.41) is 8.87. The van der Waals surface area contributed by atoms with Crippen molar-refractivity contribution in [1.29, 1.82) is 0 Å². The van der Waals surface area contributed by atoms with Gasteiger partial charge in [-0.1, -0.05) is 22.0 Å². The van der Waals surface area contributed by atoms with Crippen molar-refractivity contribution < 1.29 is 22.4 Å². The molecule has 0 aliphatic carbocycles. The van der Waals surface area contributed by atoms with E-state index >= 15 is 0 Å². The molecular formula is C17H13F3IN3O2S. The lowest BCUT2D eigenvalue weighted by atomic mass is 10.1. The van der Waals surface area contributed by atoms with Gasteiger partial charge in [0.15, 0.2) is 11.4 Å². The van der Waals surface area contributed by atoms with Gasteiger partial charge in [0.1, 0.15) is 12.2 Å². The first kappa shape index (κ1) is 20.0. The van der Waals surface area contributed by atoms with Crippen molar-refractivity contribution in [2.24, 2.45) is 5.14 Å². The van der Waals surface area contributed by atoms with Crippen molar-refractivity contribution in [3.05, 3.63) is 63.4 Å². The Morgan fingerprint density at radius 1 is 1.11 bits per heavy atom. The third kappa shape index (κ3) is 4.57. The van der Waals surface area contributed by atoms with E-state index in [0.29, 0.717) is 34.9 Å². The predicted octanol–water partition coefficient (Wildman–Crippen LogP) is 5.30. The van der Waals surface area contributed by atoms with E-state index in [0.717, 1.165) is 15.2 Å². The molecule has 142 valence electrons. The molecule has 27 heavy (non-hydrogen) atoms. The van der Waals surface area contributed by atoms with Gasteiger partial charge in [0.05, 0.1) is 11.4 Å². The van der Waals surface area contributed by atoms with Crippen LogP contribution in [0.5, 0.6) is 5.75 Å². The second kappa shape index (κ2) is 8.09. The minimum atomic E-state index is -4.55. The number of alkyl halides is 3. The number of hydrogen-bond acceptors (Lipinski definition) is 5. The number of hydrogen-bond donors (Lipinski definition) is 1. The summed E-state index contributed by atoms with van der Waals surface area (Å²) >= 11 is 2.64. The summed E-state index contributed by atoms with van der Waals surface area (Å²) < 4.78 is 46.4. The monoisotopic (exact) mass is 503 g/mol. The Bertz CT molecular complexity index is 946. The molecule has 0 fully saturated rings. The van der Waals surface area contributed by atoms with Gasteiger partial charge in [-0.2, -0.15) is 18.3 Å². The molecule has 5 nitrogen and oxygen atoms in total. The van der Waals surface area contributed by atoms with Crippen LogP contribution < -0.4 is 10.0 Å². The van der Waals surface area contributed by atoms with Crippen LogP contribution in [0.1, 0.15) is 11.3 Å². The fraction of sp³-hybridized carbons (Fsp3) is 0.118. The second-order valence-electron chi connectivity index (χ2n) is 5.55. The molecule has 10 heteroatoms. The van der Waals surface area contributed by atoms with Crippen LogP contribution in [0.3, 0.4) is 0 Å². The van der Waals surface area contributed by atoms with Crippen LogP contribution >= 0.6 is 34.8 Å². The van der Waals surface area contributed by atoms with Gasteiger partial charge in [0, 0.05) is 9.13 Å². The number of aromatic nitrogens is 2. The summed E-state index contributed by atoms with van der Waals surface area (Å²) in [5.74, 6) is 0.353. The van der Waals surface area contributed by atoms with Gasteiger partial charge in [-0.15, -0.1) is 0 Å². The van der Waals surface area contributed by atoms with Crippen molar-refractivity contribution in [2.45, 2.75) is 13.1 Å². The number of aryl methyl sites for hydroxylation is 1. The Morgan fingerprint density at radius 3 is 2.41 bits per heavy atom. The van der Waals surface area contributed by atoms with Gasteiger partial charge >= 0.3 is 6.18 Å². The van der Waals surface area contributed by atoms with Crippen molar-refractivity contribution in [1.82, 2.24) is 9.78 Å². The van der Waals surface area contributed by atoms with E-state index in [9.17, 15) is 13.2 Å². The summed E-state index contributed by atoms with van der Waals surface area (Å²) in [6.07, 6.45) is -4.55. The normalized spacial score (nSPS) is 11.6. The van der Waals surface area contributed by atoms with E-state index in [1.54, 1.807) is 30.3 Å². The van der Waals surface area contributed by atoms with Crippen molar-refractivity contribution in [2.75, 3.05) is 0 Å². The number of nitrogens with zero attached hydrogens (tertiary/aromatic N) is 2. The van der Waals surface area contributed by atoms with E-state index in [1.165, 1.54) is 4.68 Å². The maximum Gasteiger partial charge on any atom is 0.435 e. The SMILES string of the molecule is Cc1ccc(-c2cc(C(F)(F)F)nn2-c2ccc(OOSN)cc2)c([123I])c1. The molecule has 1 aromatic heterocycles. The highest BCUT2D eigenvalue weighted by Gasteiger charge is 2.35. The molecule has 3 rings (SSSR count). The van der Waals surface area contributed by atoms with Crippen LogP contribution in [0.15, 0.2) is 48.5 Å². The van der Waals surface area contributed by atoms with E-state index in [1.807, 2.05) is 19.1 Å². The summed E-state index contributed by atoms with van der Waals surface area (Å²) in [7, 11) is 0. The summed E-state index contributed by atoms with van der Waals surface area (Å²) in [6, 6.07) is 12.8. The predicted molar refractivity (Wildman–Crippen MR) is 105 cm³/mol. The van der Waals surface area contributed by atoms with Crippen molar-refractivity contribution >= 4 is 34.8 Å². The highest BCUT2D eigenvalue weighted by atomic mass is 123. The average molecular weight is 503 g/mol. The quantitative estimate of drug-likeness (QED) is 0.168. The van der Waals surface area contributed by atoms with E-state index in [2.05, 4.69) is 32.0 Å². The standard InChI is InChI=1S/C17H13F3IN3O2S/c1-10-2-7-13(14(21)8-10)15-9-16(17(18,19)20)23-24(15)11-3-5-12(6-4-11)25-26-27-22/h2-9H,22H2,1H3/i21-4. The Balaban J connectivity index is 2.09. The molecule has 0 saturated carbocycles. The topological polar surface area (TPSA) is 62.3 Å². The zero-order valence-corrected chi connectivity index (χ0v) is 16.8. The molecular weight excluding hydrogens is 490 g/mol. The Kier molecular flexibility index (Phi) is 5.99. The third-order valence-electron chi connectivity index (χ3n) is 3.65. The zero-order valence-electron chi connectivity index (χ0n) is 13.8. The fourth-order valence-corrected chi connectivity index (χ4v) is 3.50. The van der Waals surface area contributed by atoms with Gasteiger partial charge in [-0.25, -0.2) is 4.68 Å². The van der Waals surface area contributed by atoms with Crippen LogP contribution in [0.2, 0.25) is 0 Å². The van der Waals surface area contributed by atoms with E-state index in [4.69, 9.17) is 10.0 Å². The van der Waals surface area contributed by atoms with Crippen LogP contribution in [0, 0.1) is 10.5 Å². The summed E-state index contributed by atoms with van der Waals surface area (Å²) in [6.45, 7) is 1.92. The first-order valence-corrected chi connectivity index (χ1v) is 9.42. The molecule has 0 amide bonds. The number of benzene rings is 2. The zero-order chi connectivity index (χ0) is 19.6. The molecule has 3 aromatic rings. The molecule has 0 radical (unpaired) electrons. The van der Waals surface area contributed by atoms with Crippen molar-refractivity contribution in [3.8, 4) is 22.7 Å². The Morgan fingerprint density at radius 2 is 1.81 bits per heavy atom. The Hall–Kier alpha value is -1.76. The average Bonchev–Trinajstić information content (AvgIpc) is 3.06. The lowest BCUT2D eigenvalue weighted by molar-refractivity contribution is -0.141. The molecule has 2 aromatic carbocycles. The molecule has 0 bridgehead atoms. The summed E-state index contributed by atoms with van der Waals surface area (Å²) in [4.78, 5) is 4.88. The van der Waals surface area contributed by atoms with E-state index in [-0.39, 0.29) is 0 Å². The molecule has 2 N–H and O–H groups in total. The fourth-order valence-electron chi connectivity index (χ4n) is 2.44. The van der Waals surface area contributed by atoms with Crippen LogP contribution in [0.25, 0.3) is 16.9 Å². The van der Waals surface area contributed by atoms with Crippen molar-refractivity contribution in [3.63, 3.8) is 0 Å². The van der Waals surface area contributed by atoms with E-state index < -0.39 is 11.9 Å². The first-order chi connectivity index (χ1) is 12.8. The molecule has 0 unspecified atom stereocenters.